The number of hydrogen-bond donors (Lipinski definition) is 2. The molecule has 1 aliphatic rings. The molecule has 0 radical (unpaired) electrons. The minimum atomic E-state index is -0.0424. The SMILES string of the molecule is NCCNC(=O)N1CCC(c2c(Cl)cccc2Cl)CC1. The van der Waals surface area contributed by atoms with Crippen LogP contribution in [0.5, 0.6) is 0 Å². The Kier molecular flexibility index (Phi) is 5.52. The minimum absolute atomic E-state index is 0.0424. The van der Waals surface area contributed by atoms with E-state index in [1.807, 2.05) is 23.1 Å². The van der Waals surface area contributed by atoms with E-state index in [1.54, 1.807) is 0 Å². The number of carbonyl (C=O) groups is 1. The summed E-state index contributed by atoms with van der Waals surface area (Å²) < 4.78 is 0. The number of carbonyl (C=O) groups excluding carboxylic acids is 1. The highest BCUT2D eigenvalue weighted by molar-refractivity contribution is 6.36. The van der Waals surface area contributed by atoms with E-state index < -0.39 is 0 Å². The van der Waals surface area contributed by atoms with E-state index in [0.717, 1.165) is 18.4 Å². The fourth-order valence-corrected chi connectivity index (χ4v) is 3.27. The van der Waals surface area contributed by atoms with E-state index in [-0.39, 0.29) is 6.03 Å². The maximum absolute atomic E-state index is 11.8. The predicted octanol–water partition coefficient (Wildman–Crippen LogP) is 2.84. The lowest BCUT2D eigenvalue weighted by Gasteiger charge is -2.32. The number of nitrogens with one attached hydrogen (secondary N) is 1. The van der Waals surface area contributed by atoms with E-state index in [0.29, 0.717) is 42.1 Å². The van der Waals surface area contributed by atoms with Crippen LogP contribution in [0.15, 0.2) is 18.2 Å². The first kappa shape index (κ1) is 15.4. The molecule has 0 aromatic heterocycles. The standard InChI is InChI=1S/C14H19Cl2N3O/c15-11-2-1-3-12(16)13(11)10-4-8-19(9-5-10)14(20)18-7-6-17/h1-3,10H,4-9,17H2,(H,18,20). The van der Waals surface area contributed by atoms with E-state index >= 15 is 0 Å². The van der Waals surface area contributed by atoms with Crippen LogP contribution >= 0.6 is 23.2 Å². The summed E-state index contributed by atoms with van der Waals surface area (Å²) in [7, 11) is 0. The minimum Gasteiger partial charge on any atom is -0.337 e. The van der Waals surface area contributed by atoms with Crippen LogP contribution < -0.4 is 11.1 Å². The molecule has 2 rings (SSSR count). The van der Waals surface area contributed by atoms with Gasteiger partial charge in [-0.2, -0.15) is 0 Å². The number of nitrogens with two attached hydrogens (primary N) is 1. The van der Waals surface area contributed by atoms with Crippen LogP contribution in [0.3, 0.4) is 0 Å². The first-order valence-corrected chi connectivity index (χ1v) is 7.56. The van der Waals surface area contributed by atoms with Crippen molar-refractivity contribution in [1.29, 1.82) is 0 Å². The Morgan fingerprint density at radius 2 is 1.90 bits per heavy atom. The van der Waals surface area contributed by atoms with E-state index in [1.165, 1.54) is 0 Å². The molecular weight excluding hydrogens is 297 g/mol. The topological polar surface area (TPSA) is 58.4 Å². The molecule has 110 valence electrons. The molecule has 6 heteroatoms. The number of nitrogens with zero attached hydrogens (tertiary/aromatic N) is 1. The Morgan fingerprint density at radius 1 is 1.30 bits per heavy atom. The number of piperidine rings is 1. The molecule has 1 aromatic carbocycles. The molecule has 3 N–H and O–H groups in total. The second-order valence-electron chi connectivity index (χ2n) is 4.92. The Morgan fingerprint density at radius 3 is 2.45 bits per heavy atom. The van der Waals surface area contributed by atoms with Crippen molar-refractivity contribution in [2.45, 2.75) is 18.8 Å². The highest BCUT2D eigenvalue weighted by atomic mass is 35.5. The van der Waals surface area contributed by atoms with E-state index in [9.17, 15) is 4.79 Å². The van der Waals surface area contributed by atoms with Crippen molar-refractivity contribution in [3.05, 3.63) is 33.8 Å². The van der Waals surface area contributed by atoms with Crippen LogP contribution in [0.25, 0.3) is 0 Å². The summed E-state index contributed by atoms with van der Waals surface area (Å²) in [5.74, 6) is 0.315. The number of rotatable bonds is 3. The second kappa shape index (κ2) is 7.16. The van der Waals surface area contributed by atoms with Gasteiger partial charge >= 0.3 is 6.03 Å². The summed E-state index contributed by atoms with van der Waals surface area (Å²) in [5.41, 5.74) is 6.39. The third-order valence-electron chi connectivity index (χ3n) is 3.61. The molecule has 1 aromatic rings. The van der Waals surface area contributed by atoms with Gasteiger partial charge in [0.1, 0.15) is 0 Å². The monoisotopic (exact) mass is 315 g/mol. The predicted molar refractivity (Wildman–Crippen MR) is 82.5 cm³/mol. The van der Waals surface area contributed by atoms with Gasteiger partial charge in [-0.1, -0.05) is 29.3 Å². The zero-order chi connectivity index (χ0) is 14.5. The number of hydrogen-bond acceptors (Lipinski definition) is 2. The van der Waals surface area contributed by atoms with Gasteiger partial charge in [0.15, 0.2) is 0 Å². The van der Waals surface area contributed by atoms with Gasteiger partial charge in [0, 0.05) is 36.2 Å². The fraction of sp³-hybridized carbons (Fsp3) is 0.500. The lowest BCUT2D eigenvalue weighted by atomic mass is 9.89. The summed E-state index contributed by atoms with van der Waals surface area (Å²) in [6.07, 6.45) is 1.75. The molecule has 0 bridgehead atoms. The maximum atomic E-state index is 11.8. The Hall–Kier alpha value is -0.970. The van der Waals surface area contributed by atoms with Gasteiger partial charge in [-0.3, -0.25) is 0 Å². The largest absolute Gasteiger partial charge is 0.337 e. The number of benzene rings is 1. The summed E-state index contributed by atoms with van der Waals surface area (Å²) in [5, 5.41) is 4.21. The van der Waals surface area contributed by atoms with Crippen molar-refractivity contribution < 1.29 is 4.79 Å². The van der Waals surface area contributed by atoms with Crippen molar-refractivity contribution in [3.8, 4) is 0 Å². The Balaban J connectivity index is 1.96. The molecule has 4 nitrogen and oxygen atoms in total. The van der Waals surface area contributed by atoms with Crippen molar-refractivity contribution in [3.63, 3.8) is 0 Å². The number of amides is 2. The van der Waals surface area contributed by atoms with Crippen LogP contribution in [0.1, 0.15) is 24.3 Å². The van der Waals surface area contributed by atoms with Crippen LogP contribution in [-0.2, 0) is 0 Å². The van der Waals surface area contributed by atoms with Gasteiger partial charge in [-0.15, -0.1) is 0 Å². The zero-order valence-electron chi connectivity index (χ0n) is 11.2. The van der Waals surface area contributed by atoms with E-state index in [2.05, 4.69) is 5.32 Å². The Bertz CT molecular complexity index is 453. The highest BCUT2D eigenvalue weighted by Crippen LogP contribution is 2.37. The first-order valence-electron chi connectivity index (χ1n) is 6.80. The summed E-state index contributed by atoms with van der Waals surface area (Å²) in [4.78, 5) is 13.7. The Labute approximate surface area is 129 Å². The van der Waals surface area contributed by atoms with Crippen LogP contribution in [0.2, 0.25) is 10.0 Å². The molecule has 0 unspecified atom stereocenters. The van der Waals surface area contributed by atoms with Crippen molar-refractivity contribution >= 4 is 29.2 Å². The molecule has 1 fully saturated rings. The normalized spacial score (nSPS) is 16.2. The van der Waals surface area contributed by atoms with Crippen LogP contribution in [0, 0.1) is 0 Å². The van der Waals surface area contributed by atoms with Crippen LogP contribution in [0.4, 0.5) is 4.79 Å². The van der Waals surface area contributed by atoms with Gasteiger partial charge in [-0.05, 0) is 36.5 Å². The summed E-state index contributed by atoms with van der Waals surface area (Å²) >= 11 is 12.5. The zero-order valence-corrected chi connectivity index (χ0v) is 12.8. The smallest absolute Gasteiger partial charge is 0.317 e. The highest BCUT2D eigenvalue weighted by Gasteiger charge is 2.26. The van der Waals surface area contributed by atoms with Crippen LogP contribution in [-0.4, -0.2) is 37.1 Å². The molecule has 1 saturated heterocycles. The van der Waals surface area contributed by atoms with Gasteiger partial charge in [0.05, 0.1) is 0 Å². The lowest BCUT2D eigenvalue weighted by Crippen LogP contribution is -2.45. The van der Waals surface area contributed by atoms with Gasteiger partial charge in [0.25, 0.3) is 0 Å². The molecule has 0 saturated carbocycles. The third kappa shape index (κ3) is 3.57. The molecule has 1 heterocycles. The molecule has 20 heavy (non-hydrogen) atoms. The average Bonchev–Trinajstić information content (AvgIpc) is 2.45. The molecule has 0 aliphatic carbocycles. The molecule has 2 amide bonds. The summed E-state index contributed by atoms with van der Waals surface area (Å²) in [6.45, 7) is 2.39. The van der Waals surface area contributed by atoms with Crippen molar-refractivity contribution in [2.24, 2.45) is 5.73 Å². The third-order valence-corrected chi connectivity index (χ3v) is 4.27. The molecular formula is C14H19Cl2N3O. The maximum Gasteiger partial charge on any atom is 0.317 e. The average molecular weight is 316 g/mol. The molecule has 1 aliphatic heterocycles. The number of urea groups is 1. The summed E-state index contributed by atoms with van der Waals surface area (Å²) in [6, 6.07) is 5.54. The second-order valence-corrected chi connectivity index (χ2v) is 5.73. The fourth-order valence-electron chi connectivity index (χ4n) is 2.56. The van der Waals surface area contributed by atoms with Gasteiger partial charge in [-0.25, -0.2) is 4.79 Å². The molecule has 0 spiro atoms. The van der Waals surface area contributed by atoms with E-state index in [4.69, 9.17) is 28.9 Å². The number of halogens is 2. The van der Waals surface area contributed by atoms with Gasteiger partial charge < -0.3 is 16.0 Å². The quantitative estimate of drug-likeness (QED) is 0.901. The van der Waals surface area contributed by atoms with Gasteiger partial charge in [0.2, 0.25) is 0 Å². The van der Waals surface area contributed by atoms with Crippen molar-refractivity contribution in [2.75, 3.05) is 26.2 Å². The van der Waals surface area contributed by atoms with Crippen molar-refractivity contribution in [1.82, 2.24) is 10.2 Å². The lowest BCUT2D eigenvalue weighted by molar-refractivity contribution is 0.181. The molecule has 0 atom stereocenters. The number of likely N-dealkylation sites (tertiary alicyclic amines) is 1. The first-order chi connectivity index (χ1) is 9.63.